The van der Waals surface area contributed by atoms with E-state index in [1.165, 1.54) is 18.2 Å². The lowest BCUT2D eigenvalue weighted by molar-refractivity contribution is -0.384. The number of hydrogen-bond acceptors (Lipinski definition) is 6. The van der Waals surface area contributed by atoms with Crippen molar-refractivity contribution < 1.29 is 14.5 Å². The molecule has 0 saturated heterocycles. The molecule has 0 radical (unpaired) electrons. The Bertz CT molecular complexity index is 1330. The molecule has 0 fully saturated rings. The quantitative estimate of drug-likeness (QED) is 0.216. The zero-order valence-corrected chi connectivity index (χ0v) is 18.0. The fraction of sp³-hybridized carbons (Fsp3) is 0.0417. The molecule has 0 aliphatic carbocycles. The predicted octanol–water partition coefficient (Wildman–Crippen LogP) is 5.77. The average Bonchev–Trinajstić information content (AvgIpc) is 2.81. The Morgan fingerprint density at radius 2 is 1.88 bits per heavy atom. The number of nitro groups is 1. The van der Waals surface area contributed by atoms with Crippen molar-refractivity contribution in [1.82, 2.24) is 0 Å². The van der Waals surface area contributed by atoms with Crippen LogP contribution >= 0.6 is 11.6 Å². The normalized spacial score (nSPS) is 10.6. The summed E-state index contributed by atoms with van der Waals surface area (Å²) in [5.41, 5.74) is 1.45. The third-order valence-electron chi connectivity index (χ3n) is 4.54. The Hall–Kier alpha value is -4.66. The summed E-state index contributed by atoms with van der Waals surface area (Å²) in [6.45, 7) is 1.79. The average molecular weight is 459 g/mol. The lowest BCUT2D eigenvalue weighted by Gasteiger charge is -2.10. The van der Waals surface area contributed by atoms with E-state index in [1.807, 2.05) is 12.1 Å². The summed E-state index contributed by atoms with van der Waals surface area (Å²) in [5.74, 6) is -0.0654. The molecular weight excluding hydrogens is 444 g/mol. The molecule has 0 spiro atoms. The number of nitrogens with one attached hydrogen (secondary N) is 1. The van der Waals surface area contributed by atoms with E-state index >= 15 is 0 Å². The number of non-ortho nitro benzene ring substituents is 1. The Morgan fingerprint density at radius 1 is 1.15 bits per heavy atom. The first kappa shape index (κ1) is 23.0. The van der Waals surface area contributed by atoms with Crippen LogP contribution in [-0.4, -0.2) is 10.8 Å². The van der Waals surface area contributed by atoms with Crippen LogP contribution in [0.1, 0.15) is 16.7 Å². The molecule has 0 bridgehead atoms. The van der Waals surface area contributed by atoms with Gasteiger partial charge >= 0.3 is 0 Å². The molecule has 3 aromatic carbocycles. The summed E-state index contributed by atoms with van der Waals surface area (Å²) in [6.07, 6.45) is 1.41. The molecule has 33 heavy (non-hydrogen) atoms. The third kappa shape index (κ3) is 5.53. The Kier molecular flexibility index (Phi) is 7.04. The second-order valence-electron chi connectivity index (χ2n) is 6.78. The minimum Gasteiger partial charge on any atom is -0.456 e. The lowest BCUT2D eigenvalue weighted by atomic mass is 10.1. The number of carbonyl (C=O) groups excluding carboxylic acids is 1. The van der Waals surface area contributed by atoms with Crippen molar-refractivity contribution in [2.75, 3.05) is 5.32 Å². The number of halogens is 1. The molecule has 0 aliphatic heterocycles. The number of anilines is 1. The number of nitriles is 2. The Labute approximate surface area is 194 Å². The van der Waals surface area contributed by atoms with Gasteiger partial charge in [-0.1, -0.05) is 35.9 Å². The van der Waals surface area contributed by atoms with Gasteiger partial charge in [0.2, 0.25) is 0 Å². The van der Waals surface area contributed by atoms with Crippen LogP contribution in [0.3, 0.4) is 0 Å². The van der Waals surface area contributed by atoms with Gasteiger partial charge in [0.05, 0.1) is 15.6 Å². The van der Waals surface area contributed by atoms with E-state index in [0.29, 0.717) is 22.0 Å². The van der Waals surface area contributed by atoms with E-state index < -0.39 is 10.8 Å². The summed E-state index contributed by atoms with van der Waals surface area (Å²) >= 11 is 6.13. The number of nitrogens with zero attached hydrogens (tertiary/aromatic N) is 3. The molecule has 9 heteroatoms. The van der Waals surface area contributed by atoms with Crippen molar-refractivity contribution in [1.29, 1.82) is 10.5 Å². The van der Waals surface area contributed by atoms with Crippen LogP contribution in [0.5, 0.6) is 11.5 Å². The van der Waals surface area contributed by atoms with Gasteiger partial charge in [0.15, 0.2) is 0 Å². The van der Waals surface area contributed by atoms with Crippen molar-refractivity contribution in [2.45, 2.75) is 6.92 Å². The zero-order valence-electron chi connectivity index (χ0n) is 17.2. The van der Waals surface area contributed by atoms with Gasteiger partial charge in [-0.25, -0.2) is 0 Å². The van der Waals surface area contributed by atoms with Crippen LogP contribution in [0.4, 0.5) is 11.4 Å². The molecule has 0 aliphatic rings. The maximum absolute atomic E-state index is 12.5. The van der Waals surface area contributed by atoms with Gasteiger partial charge in [-0.05, 0) is 48.4 Å². The number of nitro benzene ring substituents is 1. The molecule has 8 nitrogen and oxygen atoms in total. The maximum atomic E-state index is 12.5. The summed E-state index contributed by atoms with van der Waals surface area (Å²) in [6, 6.07) is 19.1. The lowest BCUT2D eigenvalue weighted by Crippen LogP contribution is -2.14. The zero-order chi connectivity index (χ0) is 24.0. The van der Waals surface area contributed by atoms with E-state index in [0.717, 1.165) is 11.6 Å². The number of hydrogen-bond donors (Lipinski definition) is 1. The molecule has 1 amide bonds. The van der Waals surface area contributed by atoms with Crippen LogP contribution in [0.25, 0.3) is 6.08 Å². The first-order valence-electron chi connectivity index (χ1n) is 9.47. The van der Waals surface area contributed by atoms with Gasteiger partial charge < -0.3 is 10.1 Å². The van der Waals surface area contributed by atoms with Gasteiger partial charge in [0.25, 0.3) is 11.6 Å². The highest BCUT2D eigenvalue weighted by Gasteiger charge is 2.14. The highest BCUT2D eigenvalue weighted by molar-refractivity contribution is 6.34. The van der Waals surface area contributed by atoms with E-state index in [1.54, 1.807) is 49.4 Å². The second-order valence-corrected chi connectivity index (χ2v) is 7.18. The Morgan fingerprint density at radius 3 is 2.48 bits per heavy atom. The number of benzene rings is 3. The number of amides is 1. The molecule has 1 N–H and O–H groups in total. The largest absolute Gasteiger partial charge is 0.456 e. The molecule has 0 atom stereocenters. The SMILES string of the molecule is Cc1cccc(Cl)c1NC(=O)/C(C#N)=C/c1ccc(Oc2ccc([N+](=O)[O-])cc2C#N)cc1. The molecule has 3 aromatic rings. The summed E-state index contributed by atoms with van der Waals surface area (Å²) in [5, 5.41) is 32.5. The topological polar surface area (TPSA) is 129 Å². The minimum atomic E-state index is -0.599. The molecule has 0 heterocycles. The van der Waals surface area contributed by atoms with E-state index in [2.05, 4.69) is 5.32 Å². The van der Waals surface area contributed by atoms with Crippen molar-refractivity contribution >= 4 is 35.0 Å². The van der Waals surface area contributed by atoms with Crippen LogP contribution in [0.15, 0.2) is 66.2 Å². The number of para-hydroxylation sites is 1. The standard InChI is InChI=1S/C24H15ClN4O4/c1-15-3-2-4-21(25)23(15)28-24(30)18(14-27)11-16-5-8-20(9-6-16)33-22-10-7-19(29(31)32)12-17(22)13-26/h2-12H,1H3,(H,28,30)/b18-11+. The van der Waals surface area contributed by atoms with Gasteiger partial charge in [-0.2, -0.15) is 10.5 Å². The Balaban J connectivity index is 1.78. The number of carbonyl (C=O) groups is 1. The van der Waals surface area contributed by atoms with Crippen LogP contribution in [0.2, 0.25) is 5.02 Å². The first-order valence-corrected chi connectivity index (χ1v) is 9.85. The summed E-state index contributed by atoms with van der Waals surface area (Å²) < 4.78 is 5.65. The number of aryl methyl sites for hydroxylation is 1. The molecule has 0 saturated carbocycles. The molecule has 0 aromatic heterocycles. The summed E-state index contributed by atoms with van der Waals surface area (Å²) in [7, 11) is 0. The first-order chi connectivity index (χ1) is 15.8. The van der Waals surface area contributed by atoms with Crippen molar-refractivity contribution in [3.05, 3.63) is 98.1 Å². The molecular formula is C24H15ClN4O4. The van der Waals surface area contributed by atoms with Gasteiger partial charge in [-0.3, -0.25) is 14.9 Å². The van der Waals surface area contributed by atoms with E-state index in [-0.39, 0.29) is 22.6 Å². The van der Waals surface area contributed by atoms with Crippen LogP contribution < -0.4 is 10.1 Å². The highest BCUT2D eigenvalue weighted by Crippen LogP contribution is 2.29. The third-order valence-corrected chi connectivity index (χ3v) is 4.85. The monoisotopic (exact) mass is 458 g/mol. The fourth-order valence-corrected chi connectivity index (χ4v) is 3.12. The van der Waals surface area contributed by atoms with Crippen molar-refractivity contribution in [2.24, 2.45) is 0 Å². The van der Waals surface area contributed by atoms with Gasteiger partial charge in [-0.15, -0.1) is 0 Å². The number of ether oxygens (including phenoxy) is 1. The predicted molar refractivity (Wildman–Crippen MR) is 123 cm³/mol. The fourth-order valence-electron chi connectivity index (χ4n) is 2.85. The van der Waals surface area contributed by atoms with Gasteiger partial charge in [0, 0.05) is 12.1 Å². The second kappa shape index (κ2) is 10.1. The summed E-state index contributed by atoms with van der Waals surface area (Å²) in [4.78, 5) is 22.8. The van der Waals surface area contributed by atoms with Crippen LogP contribution in [-0.2, 0) is 4.79 Å². The maximum Gasteiger partial charge on any atom is 0.271 e. The highest BCUT2D eigenvalue weighted by atomic mass is 35.5. The van der Waals surface area contributed by atoms with Crippen molar-refractivity contribution in [3.63, 3.8) is 0 Å². The molecule has 0 unspecified atom stereocenters. The molecule has 3 rings (SSSR count). The van der Waals surface area contributed by atoms with Crippen LogP contribution in [0, 0.1) is 39.7 Å². The molecule has 162 valence electrons. The van der Waals surface area contributed by atoms with Gasteiger partial charge in [0.1, 0.15) is 34.8 Å². The van der Waals surface area contributed by atoms with E-state index in [9.17, 15) is 25.4 Å². The smallest absolute Gasteiger partial charge is 0.271 e. The van der Waals surface area contributed by atoms with Crippen molar-refractivity contribution in [3.8, 4) is 23.6 Å². The number of rotatable bonds is 6. The van der Waals surface area contributed by atoms with E-state index in [4.69, 9.17) is 16.3 Å². The minimum absolute atomic E-state index is 0.0199.